The average Bonchev–Trinajstić information content (AvgIpc) is 3.34. The van der Waals surface area contributed by atoms with Crippen LogP contribution in [0, 0.1) is 23.7 Å². The summed E-state index contributed by atoms with van der Waals surface area (Å²) in [5, 5.41) is 44.0. The lowest BCUT2D eigenvalue weighted by atomic mass is 9.60. The number of carbonyl (C=O) groups is 3. The van der Waals surface area contributed by atoms with Gasteiger partial charge in [-0.2, -0.15) is 0 Å². The van der Waals surface area contributed by atoms with Crippen molar-refractivity contribution >= 4 is 23.2 Å². The first-order valence-corrected chi connectivity index (χ1v) is 12.2. The van der Waals surface area contributed by atoms with Gasteiger partial charge in [0.1, 0.15) is 22.8 Å². The number of nitrogens with zero attached hydrogens (tertiary/aromatic N) is 1. The minimum atomic E-state index is -2.58. The maximum atomic E-state index is 13.8. The minimum Gasteiger partial charge on any atom is -0.511 e. The number of aromatic hydroxyl groups is 1. The third kappa shape index (κ3) is 3.55. The summed E-state index contributed by atoms with van der Waals surface area (Å²) in [5.74, 6) is -0.429. The fourth-order valence-electron chi connectivity index (χ4n) is 6.09. The van der Waals surface area contributed by atoms with Crippen molar-refractivity contribution in [2.45, 2.75) is 44.1 Å². The van der Waals surface area contributed by atoms with E-state index in [1.807, 2.05) is 25.1 Å². The molecule has 37 heavy (non-hydrogen) atoms. The summed E-state index contributed by atoms with van der Waals surface area (Å²) in [6.07, 6.45) is 4.94. The number of hydrogen-bond donors (Lipinski definition) is 5. The highest BCUT2D eigenvalue weighted by molar-refractivity contribution is 6.24. The summed E-state index contributed by atoms with van der Waals surface area (Å²) in [6, 6.07) is 1.73. The average molecular weight is 505 g/mol. The topological polar surface area (TPSA) is 161 Å². The van der Waals surface area contributed by atoms with Gasteiger partial charge in [-0.15, -0.1) is 0 Å². The van der Waals surface area contributed by atoms with E-state index < -0.39 is 52.0 Å². The Morgan fingerprint density at radius 2 is 1.89 bits per heavy atom. The lowest BCUT2D eigenvalue weighted by Gasteiger charge is -2.45. The van der Waals surface area contributed by atoms with Crippen LogP contribution in [-0.4, -0.2) is 57.6 Å². The van der Waals surface area contributed by atoms with Crippen molar-refractivity contribution in [3.63, 3.8) is 0 Å². The number of primary amides is 1. The lowest BCUT2D eigenvalue weighted by molar-refractivity contribution is -0.144. The number of benzene rings is 1. The predicted octanol–water partition coefficient (Wildman–Crippen LogP) is 2.11. The van der Waals surface area contributed by atoms with Gasteiger partial charge in [0.25, 0.3) is 5.91 Å². The van der Waals surface area contributed by atoms with E-state index in [9.17, 15) is 34.8 Å². The molecule has 9 heteroatoms. The zero-order valence-electron chi connectivity index (χ0n) is 20.6. The van der Waals surface area contributed by atoms with E-state index in [1.54, 1.807) is 6.07 Å². The van der Waals surface area contributed by atoms with Gasteiger partial charge in [0.05, 0.1) is 11.1 Å². The van der Waals surface area contributed by atoms with E-state index in [0.29, 0.717) is 11.3 Å². The predicted molar refractivity (Wildman–Crippen MR) is 134 cm³/mol. The molecule has 0 saturated carbocycles. The van der Waals surface area contributed by atoms with Crippen molar-refractivity contribution < 1.29 is 34.8 Å². The summed E-state index contributed by atoms with van der Waals surface area (Å²) >= 11 is 0. The first kappa shape index (κ1) is 24.7. The normalized spacial score (nSPS) is 26.6. The number of fused-ring (bicyclic) bond motifs is 3. The van der Waals surface area contributed by atoms with Gasteiger partial charge in [0.2, 0.25) is 5.78 Å². The van der Waals surface area contributed by atoms with Gasteiger partial charge in [-0.1, -0.05) is 17.9 Å². The van der Waals surface area contributed by atoms with E-state index in [2.05, 4.69) is 11.8 Å². The molecule has 0 aliphatic heterocycles. The molecule has 1 amide bonds. The van der Waals surface area contributed by atoms with Crippen LogP contribution in [-0.2, 0) is 16.0 Å². The van der Waals surface area contributed by atoms with Gasteiger partial charge < -0.3 is 31.1 Å². The van der Waals surface area contributed by atoms with Crippen LogP contribution < -0.4 is 10.6 Å². The first-order valence-electron chi connectivity index (χ1n) is 12.2. The summed E-state index contributed by atoms with van der Waals surface area (Å²) in [6.45, 7) is 0. The second-order valence-corrected chi connectivity index (χ2v) is 10.3. The molecule has 0 spiro atoms. The monoisotopic (exact) mass is 504 g/mol. The number of anilines is 1. The molecule has 1 aromatic rings. The Balaban J connectivity index is 1.68. The molecule has 4 aliphatic carbocycles. The largest absolute Gasteiger partial charge is 0.511 e. The summed E-state index contributed by atoms with van der Waals surface area (Å²) in [4.78, 5) is 40.6. The number of aliphatic hydroxyl groups excluding tert-OH is 2. The second-order valence-electron chi connectivity index (χ2n) is 10.3. The maximum absolute atomic E-state index is 13.8. The molecule has 0 bridgehead atoms. The van der Waals surface area contributed by atoms with Crippen LogP contribution in [0.5, 0.6) is 5.75 Å². The maximum Gasteiger partial charge on any atom is 0.255 e. The Hall–Kier alpha value is -4.03. The summed E-state index contributed by atoms with van der Waals surface area (Å²) in [7, 11) is 3.62. The van der Waals surface area contributed by atoms with Crippen LogP contribution >= 0.6 is 0 Å². The Labute approximate surface area is 213 Å². The highest BCUT2D eigenvalue weighted by Gasteiger charge is 2.59. The quantitative estimate of drug-likeness (QED) is 0.302. The highest BCUT2D eigenvalue weighted by atomic mass is 16.3. The van der Waals surface area contributed by atoms with Crippen LogP contribution in [0.2, 0.25) is 0 Å². The van der Waals surface area contributed by atoms with Crippen LogP contribution in [0.4, 0.5) is 5.69 Å². The lowest BCUT2D eigenvalue weighted by Crippen LogP contribution is -2.57. The van der Waals surface area contributed by atoms with Crippen LogP contribution in [0.3, 0.4) is 0 Å². The van der Waals surface area contributed by atoms with Crippen molar-refractivity contribution in [3.05, 3.63) is 57.1 Å². The Bertz CT molecular complexity index is 1440. The van der Waals surface area contributed by atoms with Crippen molar-refractivity contribution in [3.8, 4) is 17.6 Å². The Morgan fingerprint density at radius 1 is 1.16 bits per heavy atom. The van der Waals surface area contributed by atoms with Gasteiger partial charge in [0.15, 0.2) is 11.4 Å². The number of hydrogen-bond acceptors (Lipinski definition) is 8. The Morgan fingerprint density at radius 3 is 2.51 bits per heavy atom. The summed E-state index contributed by atoms with van der Waals surface area (Å²) in [5.41, 5.74) is 4.13. The zero-order chi connectivity index (χ0) is 26.8. The van der Waals surface area contributed by atoms with Crippen LogP contribution in [0.1, 0.15) is 53.6 Å². The minimum absolute atomic E-state index is 0.0347. The van der Waals surface area contributed by atoms with Gasteiger partial charge in [0, 0.05) is 37.7 Å². The molecule has 4 aliphatic rings. The first-order chi connectivity index (χ1) is 17.5. The highest BCUT2D eigenvalue weighted by Crippen LogP contribution is 2.52. The van der Waals surface area contributed by atoms with Gasteiger partial charge in [-0.05, 0) is 55.2 Å². The molecule has 0 fully saturated rings. The molecule has 0 unspecified atom stereocenters. The number of allylic oxidation sites excluding steroid dienone is 4. The third-order valence-corrected chi connectivity index (χ3v) is 7.92. The fraction of sp³-hybridized carbons (Fsp3) is 0.393. The van der Waals surface area contributed by atoms with Gasteiger partial charge >= 0.3 is 0 Å². The fourth-order valence-corrected chi connectivity index (χ4v) is 6.09. The Kier molecular flexibility index (Phi) is 5.68. The SMILES string of the molecule is CN(C)c1cc(C#CC2=CCCC2)c(O)c2c1C[C@H]1C[C@H]3CC(O)=C(C(N)=O)C(=O)[C@@]3(O)C(O)=C1C2=O. The number of rotatable bonds is 2. The van der Waals surface area contributed by atoms with E-state index in [1.165, 1.54) is 0 Å². The van der Waals surface area contributed by atoms with E-state index in [0.717, 1.165) is 24.8 Å². The van der Waals surface area contributed by atoms with Crippen molar-refractivity contribution in [2.75, 3.05) is 19.0 Å². The zero-order valence-corrected chi connectivity index (χ0v) is 20.6. The van der Waals surface area contributed by atoms with Crippen LogP contribution in [0.25, 0.3) is 0 Å². The summed E-state index contributed by atoms with van der Waals surface area (Å²) < 4.78 is 0. The number of carbonyl (C=O) groups excluding carboxylic acids is 3. The molecule has 3 atom stereocenters. The van der Waals surface area contributed by atoms with Crippen molar-refractivity contribution in [2.24, 2.45) is 17.6 Å². The number of Topliss-reactive ketones (excluding diaryl/α,β-unsaturated/α-hetero) is 2. The van der Waals surface area contributed by atoms with Crippen molar-refractivity contribution in [1.82, 2.24) is 0 Å². The molecule has 192 valence electrons. The molecule has 0 radical (unpaired) electrons. The number of nitrogens with two attached hydrogens (primary N) is 1. The number of amides is 1. The second kappa shape index (κ2) is 8.53. The standard InChI is InChI=1S/C28H28N2O7/c1-30(2)18-11-14(8-7-13-5-3-4-6-13)23(32)21-17(18)10-15-9-16-12-19(31)22(27(29)36)26(35)28(16,37)25(34)20(15)24(21)33/h5,11,15-16,31-32,34,37H,3-4,6,9-10,12H2,1-2H3,(H2,29,36)/t15-,16+,28+/m1/s1. The molecule has 6 N–H and O–H groups in total. The molecular weight excluding hydrogens is 476 g/mol. The molecule has 5 rings (SSSR count). The number of phenols is 1. The van der Waals surface area contributed by atoms with Gasteiger partial charge in [-0.3, -0.25) is 14.4 Å². The molecule has 0 heterocycles. The third-order valence-electron chi connectivity index (χ3n) is 7.92. The van der Waals surface area contributed by atoms with E-state index in [-0.39, 0.29) is 41.7 Å². The molecule has 0 aromatic heterocycles. The van der Waals surface area contributed by atoms with Crippen LogP contribution in [0.15, 0.2) is 40.4 Å². The van der Waals surface area contributed by atoms with E-state index >= 15 is 0 Å². The van der Waals surface area contributed by atoms with Crippen molar-refractivity contribution in [1.29, 1.82) is 0 Å². The number of ketones is 2. The molecule has 9 nitrogen and oxygen atoms in total. The number of phenolic OH excluding ortho intramolecular Hbond substituents is 1. The molecule has 0 saturated heterocycles. The number of aliphatic hydroxyl groups is 3. The van der Waals surface area contributed by atoms with Gasteiger partial charge in [-0.25, -0.2) is 0 Å². The van der Waals surface area contributed by atoms with E-state index in [4.69, 9.17) is 5.73 Å². The molecule has 1 aromatic carbocycles. The molecular formula is C28H28N2O7. The smallest absolute Gasteiger partial charge is 0.255 e.